The third-order valence-electron chi connectivity index (χ3n) is 4.89. The number of hydrogen-bond donors (Lipinski definition) is 1. The molecule has 0 spiro atoms. The molecule has 0 bridgehead atoms. The summed E-state index contributed by atoms with van der Waals surface area (Å²) in [7, 11) is 0. The lowest BCUT2D eigenvalue weighted by atomic mass is 9.68. The van der Waals surface area contributed by atoms with Gasteiger partial charge in [-0.25, -0.2) is 0 Å². The Kier molecular flexibility index (Phi) is 2.86. The Bertz CT molecular complexity index is 786. The zero-order chi connectivity index (χ0) is 15.3. The number of rotatable bonds is 1. The molecule has 3 nitrogen and oxygen atoms in total. The van der Waals surface area contributed by atoms with Gasteiger partial charge in [0.05, 0.1) is 17.7 Å². The number of fused-ring (bicyclic) bond motifs is 2. The average Bonchev–Trinajstić information content (AvgIpc) is 2.89. The molecule has 2 atom stereocenters. The first kappa shape index (κ1) is 13.5. The van der Waals surface area contributed by atoms with E-state index in [1.165, 1.54) is 10.8 Å². The summed E-state index contributed by atoms with van der Waals surface area (Å²) in [6.45, 7) is 4.33. The van der Waals surface area contributed by atoms with Crippen molar-refractivity contribution in [2.24, 2.45) is 16.4 Å². The van der Waals surface area contributed by atoms with Crippen molar-refractivity contribution in [2.75, 3.05) is 0 Å². The van der Waals surface area contributed by atoms with E-state index in [1.807, 2.05) is 18.2 Å². The van der Waals surface area contributed by atoms with Crippen LogP contribution >= 0.6 is 0 Å². The van der Waals surface area contributed by atoms with E-state index in [0.717, 1.165) is 17.7 Å². The van der Waals surface area contributed by atoms with Crippen molar-refractivity contribution in [1.29, 1.82) is 0 Å². The highest BCUT2D eigenvalue weighted by atomic mass is 16.1. The molecule has 0 unspecified atom stereocenters. The number of benzene rings is 2. The first-order valence-electron chi connectivity index (χ1n) is 7.89. The Balaban J connectivity index is 1.79. The molecular formula is C19H20N2O. The van der Waals surface area contributed by atoms with Crippen LogP contribution in [0.1, 0.15) is 32.3 Å². The highest BCUT2D eigenvalue weighted by Gasteiger charge is 2.46. The van der Waals surface area contributed by atoms with Crippen LogP contribution in [0.3, 0.4) is 0 Å². The number of ketones is 1. The minimum absolute atomic E-state index is 0.0645. The van der Waals surface area contributed by atoms with Gasteiger partial charge in [0.2, 0.25) is 0 Å². The van der Waals surface area contributed by atoms with Crippen LogP contribution in [0.15, 0.2) is 47.6 Å². The predicted octanol–water partition coefficient (Wildman–Crippen LogP) is 3.52. The van der Waals surface area contributed by atoms with Gasteiger partial charge < -0.3 is 5.43 Å². The average molecular weight is 292 g/mol. The van der Waals surface area contributed by atoms with Gasteiger partial charge in [-0.2, -0.15) is 5.10 Å². The summed E-state index contributed by atoms with van der Waals surface area (Å²) in [5.41, 5.74) is 5.30. The van der Waals surface area contributed by atoms with Crippen molar-refractivity contribution in [1.82, 2.24) is 5.43 Å². The minimum Gasteiger partial charge on any atom is -0.306 e. The van der Waals surface area contributed by atoms with Crippen molar-refractivity contribution in [3.05, 3.63) is 48.0 Å². The van der Waals surface area contributed by atoms with Crippen molar-refractivity contribution >= 4 is 22.3 Å². The molecule has 1 fully saturated rings. The van der Waals surface area contributed by atoms with Gasteiger partial charge in [-0.15, -0.1) is 0 Å². The molecule has 3 heteroatoms. The van der Waals surface area contributed by atoms with E-state index in [0.29, 0.717) is 12.2 Å². The molecule has 2 aliphatic rings. The number of nitrogens with one attached hydrogen (secondary N) is 1. The molecule has 1 N–H and O–H groups in total. The summed E-state index contributed by atoms with van der Waals surface area (Å²) in [6.07, 6.45) is 1.63. The molecule has 0 aromatic heterocycles. The van der Waals surface area contributed by atoms with Crippen LogP contribution in [0.5, 0.6) is 0 Å². The third-order valence-corrected chi connectivity index (χ3v) is 4.89. The molecule has 22 heavy (non-hydrogen) atoms. The number of hydrogen-bond acceptors (Lipinski definition) is 3. The second-order valence-electron chi connectivity index (χ2n) is 7.25. The van der Waals surface area contributed by atoms with Gasteiger partial charge >= 0.3 is 0 Å². The fraction of sp³-hybridized carbons (Fsp3) is 0.368. The summed E-state index contributed by atoms with van der Waals surface area (Å²) < 4.78 is 0. The molecule has 1 saturated carbocycles. The second-order valence-corrected chi connectivity index (χ2v) is 7.25. The third kappa shape index (κ3) is 2.04. The zero-order valence-corrected chi connectivity index (χ0v) is 13.0. The summed E-state index contributed by atoms with van der Waals surface area (Å²) >= 11 is 0. The van der Waals surface area contributed by atoms with Gasteiger partial charge in [0.1, 0.15) is 5.78 Å². The molecule has 4 rings (SSSR count). The molecule has 1 heterocycles. The van der Waals surface area contributed by atoms with E-state index in [4.69, 9.17) is 0 Å². The highest BCUT2D eigenvalue weighted by molar-refractivity contribution is 6.20. The van der Waals surface area contributed by atoms with Crippen LogP contribution < -0.4 is 5.43 Å². The van der Waals surface area contributed by atoms with Gasteiger partial charge in [-0.1, -0.05) is 56.3 Å². The van der Waals surface area contributed by atoms with Gasteiger partial charge in [0, 0.05) is 12.0 Å². The highest BCUT2D eigenvalue weighted by Crippen LogP contribution is 2.40. The number of Topliss-reactive ketones (excluding diaryl/α,β-unsaturated/α-hetero) is 1. The number of nitrogens with zero attached hydrogens (tertiary/aromatic N) is 1. The Morgan fingerprint density at radius 3 is 2.77 bits per heavy atom. The van der Waals surface area contributed by atoms with Crippen LogP contribution in [0.4, 0.5) is 0 Å². The quantitative estimate of drug-likeness (QED) is 0.873. The SMILES string of the molecule is CC1(C)CC(=O)[C@@H]2C(c3cccc4ccccc34)=NN[C@@H]2C1. The number of carbonyl (C=O) groups excluding carboxylic acids is 1. The molecule has 112 valence electrons. The standard InChI is InChI=1S/C19H20N2O/c1-19(2)10-15-17(16(22)11-19)18(21-20-15)14-9-5-7-12-6-3-4-8-13(12)14/h3-9,15,17,20H,10-11H2,1-2H3/t15-,17-/m1/s1. The Morgan fingerprint density at radius 2 is 1.91 bits per heavy atom. The molecule has 0 amide bonds. The summed E-state index contributed by atoms with van der Waals surface area (Å²) in [5, 5.41) is 6.92. The summed E-state index contributed by atoms with van der Waals surface area (Å²) in [5.74, 6) is 0.219. The molecule has 1 aliphatic carbocycles. The zero-order valence-electron chi connectivity index (χ0n) is 13.0. The molecule has 0 saturated heterocycles. The van der Waals surface area contributed by atoms with Gasteiger partial charge in [0.15, 0.2) is 0 Å². The Hall–Kier alpha value is -2.16. The lowest BCUT2D eigenvalue weighted by Gasteiger charge is -2.36. The Morgan fingerprint density at radius 1 is 1.14 bits per heavy atom. The van der Waals surface area contributed by atoms with E-state index < -0.39 is 0 Å². The molecule has 0 radical (unpaired) electrons. The fourth-order valence-corrected chi connectivity index (χ4v) is 3.95. The van der Waals surface area contributed by atoms with Crippen molar-refractivity contribution in [3.8, 4) is 0 Å². The lowest BCUT2D eigenvalue weighted by molar-refractivity contribution is -0.126. The first-order chi connectivity index (χ1) is 10.6. The topological polar surface area (TPSA) is 41.5 Å². The molecular weight excluding hydrogens is 272 g/mol. The van der Waals surface area contributed by atoms with E-state index in [1.54, 1.807) is 0 Å². The maximum absolute atomic E-state index is 12.7. The molecule has 1 aliphatic heterocycles. The van der Waals surface area contributed by atoms with E-state index in [-0.39, 0.29) is 17.4 Å². The van der Waals surface area contributed by atoms with Gasteiger partial charge in [-0.3, -0.25) is 4.79 Å². The first-order valence-corrected chi connectivity index (χ1v) is 7.89. The Labute approximate surface area is 130 Å². The van der Waals surface area contributed by atoms with E-state index in [9.17, 15) is 4.79 Å². The predicted molar refractivity (Wildman–Crippen MR) is 88.9 cm³/mol. The monoisotopic (exact) mass is 292 g/mol. The van der Waals surface area contributed by atoms with Crippen LogP contribution in [0.2, 0.25) is 0 Å². The van der Waals surface area contributed by atoms with Crippen molar-refractivity contribution in [3.63, 3.8) is 0 Å². The number of hydrazone groups is 1. The largest absolute Gasteiger partial charge is 0.306 e. The van der Waals surface area contributed by atoms with Crippen molar-refractivity contribution < 1.29 is 4.79 Å². The van der Waals surface area contributed by atoms with Crippen LogP contribution in [0.25, 0.3) is 10.8 Å². The van der Waals surface area contributed by atoms with Crippen LogP contribution in [-0.2, 0) is 4.79 Å². The minimum atomic E-state index is -0.0983. The van der Waals surface area contributed by atoms with Crippen LogP contribution in [-0.4, -0.2) is 17.5 Å². The maximum atomic E-state index is 12.7. The summed E-state index contributed by atoms with van der Waals surface area (Å²) in [4.78, 5) is 12.7. The van der Waals surface area contributed by atoms with E-state index >= 15 is 0 Å². The molecule has 2 aromatic rings. The smallest absolute Gasteiger partial charge is 0.144 e. The van der Waals surface area contributed by atoms with Crippen LogP contribution in [0, 0.1) is 11.3 Å². The lowest BCUT2D eigenvalue weighted by Crippen LogP contribution is -2.45. The fourth-order valence-electron chi connectivity index (χ4n) is 3.95. The van der Waals surface area contributed by atoms with E-state index in [2.05, 4.69) is 48.6 Å². The maximum Gasteiger partial charge on any atom is 0.144 e. The molecule has 2 aromatic carbocycles. The second kappa shape index (κ2) is 4.67. The van der Waals surface area contributed by atoms with Gasteiger partial charge in [0.25, 0.3) is 0 Å². The van der Waals surface area contributed by atoms with Gasteiger partial charge in [-0.05, 0) is 22.6 Å². The van der Waals surface area contributed by atoms with Crippen molar-refractivity contribution in [2.45, 2.75) is 32.7 Å². The normalized spacial score (nSPS) is 26.5. The summed E-state index contributed by atoms with van der Waals surface area (Å²) in [6, 6.07) is 14.7. The number of carbonyl (C=O) groups is 1.